The third-order valence-electron chi connectivity index (χ3n) is 4.94. The van der Waals surface area contributed by atoms with E-state index in [9.17, 15) is 19.2 Å². The van der Waals surface area contributed by atoms with E-state index in [0.717, 1.165) is 15.1 Å². The molecule has 5 amide bonds. The molecule has 1 unspecified atom stereocenters. The van der Waals surface area contributed by atoms with E-state index in [4.69, 9.17) is 9.57 Å². The van der Waals surface area contributed by atoms with Gasteiger partial charge in [0, 0.05) is 11.1 Å². The minimum absolute atomic E-state index is 0.0257. The van der Waals surface area contributed by atoms with Gasteiger partial charge in [0.1, 0.15) is 12.6 Å². The fraction of sp³-hybridized carbons (Fsp3) is 0.182. The summed E-state index contributed by atoms with van der Waals surface area (Å²) in [5, 5.41) is 5.62. The Bertz CT molecular complexity index is 1070. The van der Waals surface area contributed by atoms with Crippen molar-refractivity contribution < 1.29 is 28.8 Å². The fourth-order valence-corrected chi connectivity index (χ4v) is 3.54. The van der Waals surface area contributed by atoms with Crippen LogP contribution in [0.25, 0.3) is 0 Å². The molecule has 0 aliphatic carbocycles. The molecule has 4 rings (SSSR count). The van der Waals surface area contributed by atoms with Gasteiger partial charge in [-0.15, -0.1) is 0 Å². The molecular formula is C22H20N4O6. The second kappa shape index (κ2) is 8.90. The van der Waals surface area contributed by atoms with Crippen LogP contribution in [-0.2, 0) is 14.4 Å². The van der Waals surface area contributed by atoms with E-state index in [2.05, 4.69) is 11.9 Å². The molecule has 2 aromatic carbocycles. The molecule has 32 heavy (non-hydrogen) atoms. The normalized spacial score (nSPS) is 16.4. The number of carbonyl (C=O) groups is 4. The lowest BCUT2D eigenvalue weighted by atomic mass is 10.0. The Morgan fingerprint density at radius 2 is 1.81 bits per heavy atom. The van der Waals surface area contributed by atoms with Gasteiger partial charge in [0.2, 0.25) is 0 Å². The van der Waals surface area contributed by atoms with Gasteiger partial charge in [-0.1, -0.05) is 49.1 Å². The number of hydrogen-bond donors (Lipinski definition) is 1. The summed E-state index contributed by atoms with van der Waals surface area (Å²) in [7, 11) is 0. The van der Waals surface area contributed by atoms with Crippen molar-refractivity contribution in [3.63, 3.8) is 0 Å². The molecule has 2 aliphatic rings. The summed E-state index contributed by atoms with van der Waals surface area (Å²) in [6.07, 6.45) is 1.42. The van der Waals surface area contributed by atoms with Crippen LogP contribution in [0.3, 0.4) is 0 Å². The highest BCUT2D eigenvalue weighted by molar-refractivity contribution is 6.10. The van der Waals surface area contributed by atoms with Crippen molar-refractivity contribution in [1.82, 2.24) is 15.4 Å². The van der Waals surface area contributed by atoms with Crippen molar-refractivity contribution in [3.05, 3.63) is 78.4 Å². The van der Waals surface area contributed by atoms with Crippen LogP contribution in [0.1, 0.15) is 22.0 Å². The van der Waals surface area contributed by atoms with Crippen molar-refractivity contribution >= 4 is 29.6 Å². The van der Waals surface area contributed by atoms with Gasteiger partial charge >= 0.3 is 18.0 Å². The Labute approximate surface area is 183 Å². The van der Waals surface area contributed by atoms with Crippen LogP contribution in [-0.4, -0.2) is 53.8 Å². The lowest BCUT2D eigenvalue weighted by Gasteiger charge is -2.34. The first-order valence-electron chi connectivity index (χ1n) is 9.80. The number of carbonyl (C=O) groups excluding carboxylic acids is 4. The quantitative estimate of drug-likeness (QED) is 0.550. The number of fused-ring (bicyclic) bond motifs is 4. The Hall–Kier alpha value is -4.18. The van der Waals surface area contributed by atoms with Gasteiger partial charge in [0.05, 0.1) is 12.2 Å². The summed E-state index contributed by atoms with van der Waals surface area (Å²) in [6, 6.07) is 13.2. The molecule has 164 valence electrons. The number of esters is 1. The molecule has 2 heterocycles. The van der Waals surface area contributed by atoms with Crippen molar-refractivity contribution in [1.29, 1.82) is 0 Å². The summed E-state index contributed by atoms with van der Waals surface area (Å²) in [5.74, 6) is -1.26. The number of anilines is 1. The van der Waals surface area contributed by atoms with Crippen LogP contribution in [0.5, 0.6) is 0 Å². The van der Waals surface area contributed by atoms with Gasteiger partial charge in [-0.25, -0.2) is 19.4 Å². The van der Waals surface area contributed by atoms with Crippen LogP contribution < -0.4 is 10.3 Å². The third-order valence-corrected chi connectivity index (χ3v) is 4.94. The molecule has 0 aromatic heterocycles. The summed E-state index contributed by atoms with van der Waals surface area (Å²) in [5.41, 5.74) is 1.37. The number of nitrogens with zero attached hydrogens (tertiary/aromatic N) is 3. The first-order chi connectivity index (χ1) is 15.5. The van der Waals surface area contributed by atoms with Gasteiger partial charge in [-0.05, 0) is 18.2 Å². The minimum atomic E-state index is -0.787. The molecule has 1 fully saturated rings. The maximum Gasteiger partial charge on any atom is 0.363 e. The number of hydrogen-bond acceptors (Lipinski definition) is 6. The van der Waals surface area contributed by atoms with Crippen LogP contribution >= 0.6 is 0 Å². The molecule has 0 saturated carbocycles. The second-order valence-corrected chi connectivity index (χ2v) is 6.95. The molecular weight excluding hydrogens is 416 g/mol. The number of ether oxygens (including phenoxy) is 1. The average Bonchev–Trinajstić information content (AvgIpc) is 3.08. The van der Waals surface area contributed by atoms with Gasteiger partial charge < -0.3 is 4.74 Å². The lowest BCUT2D eigenvalue weighted by molar-refractivity contribution is -0.172. The summed E-state index contributed by atoms with van der Waals surface area (Å²) in [6.45, 7) is 3.10. The van der Waals surface area contributed by atoms with E-state index in [0.29, 0.717) is 16.8 Å². The van der Waals surface area contributed by atoms with E-state index in [1.165, 1.54) is 6.08 Å². The largest absolute Gasteiger partial charge is 0.460 e. The zero-order chi connectivity index (χ0) is 22.7. The molecule has 2 bridgehead atoms. The molecule has 0 spiro atoms. The molecule has 1 N–H and O–H groups in total. The number of benzene rings is 2. The van der Waals surface area contributed by atoms with Gasteiger partial charge in [0.15, 0.2) is 6.61 Å². The van der Waals surface area contributed by atoms with Gasteiger partial charge in [0.25, 0.3) is 5.91 Å². The molecule has 1 atom stereocenters. The predicted molar refractivity (Wildman–Crippen MR) is 112 cm³/mol. The highest BCUT2D eigenvalue weighted by Crippen LogP contribution is 2.42. The zero-order valence-electron chi connectivity index (χ0n) is 17.0. The molecule has 1 saturated heterocycles. The van der Waals surface area contributed by atoms with E-state index in [1.54, 1.807) is 54.6 Å². The summed E-state index contributed by atoms with van der Waals surface area (Å²) >= 11 is 0. The van der Waals surface area contributed by atoms with E-state index in [1.807, 2.05) is 0 Å². The molecule has 10 nitrogen and oxygen atoms in total. The van der Waals surface area contributed by atoms with Gasteiger partial charge in [-0.2, -0.15) is 10.1 Å². The molecule has 2 aromatic rings. The standard InChI is InChI=1S/C22H20N4O6/c1-2-12-31-19(27)14-32-26-18-13-24(22(26)30)25(17-11-7-6-10-16(17)18)21(29)23-20(28)15-8-4-3-5-9-15/h2-11,18H,1,12-14H2,(H,23,28,29). The SMILES string of the molecule is C=CCOC(=O)CON1C(=O)N2CC1c1ccccc1N2C(=O)NC(=O)c1ccccc1. The Morgan fingerprint density at radius 3 is 2.56 bits per heavy atom. The number of amides is 5. The summed E-state index contributed by atoms with van der Waals surface area (Å²) in [4.78, 5) is 55.7. The lowest BCUT2D eigenvalue weighted by Crippen LogP contribution is -2.54. The first-order valence-corrected chi connectivity index (χ1v) is 9.80. The van der Waals surface area contributed by atoms with Crippen molar-refractivity contribution in [2.24, 2.45) is 0 Å². The number of imide groups is 1. The van der Waals surface area contributed by atoms with Crippen LogP contribution in [0, 0.1) is 0 Å². The first kappa shape index (κ1) is 21.1. The van der Waals surface area contributed by atoms with E-state index < -0.39 is 36.6 Å². The minimum Gasteiger partial charge on any atom is -0.460 e. The molecule has 0 radical (unpaired) electrons. The highest BCUT2D eigenvalue weighted by atomic mass is 16.7. The molecule has 10 heteroatoms. The van der Waals surface area contributed by atoms with Crippen LogP contribution in [0.2, 0.25) is 0 Å². The fourth-order valence-electron chi connectivity index (χ4n) is 3.54. The Kier molecular flexibility index (Phi) is 5.86. The maximum absolute atomic E-state index is 13.0. The second-order valence-electron chi connectivity index (χ2n) is 6.95. The van der Waals surface area contributed by atoms with Crippen molar-refractivity contribution in [2.45, 2.75) is 6.04 Å². The number of rotatable bonds is 6. The smallest absolute Gasteiger partial charge is 0.363 e. The van der Waals surface area contributed by atoms with E-state index in [-0.39, 0.29) is 13.2 Å². The Morgan fingerprint density at radius 1 is 1.09 bits per heavy atom. The maximum atomic E-state index is 13.0. The molecule has 2 aliphatic heterocycles. The van der Waals surface area contributed by atoms with Crippen LogP contribution in [0.15, 0.2) is 67.3 Å². The van der Waals surface area contributed by atoms with Gasteiger partial charge in [-0.3, -0.25) is 14.9 Å². The highest BCUT2D eigenvalue weighted by Gasteiger charge is 2.50. The Balaban J connectivity index is 1.55. The van der Waals surface area contributed by atoms with Crippen LogP contribution in [0.4, 0.5) is 15.3 Å². The number of para-hydroxylation sites is 1. The monoisotopic (exact) mass is 436 g/mol. The summed E-state index contributed by atoms with van der Waals surface area (Å²) < 4.78 is 4.87. The topological polar surface area (TPSA) is 108 Å². The zero-order valence-corrected chi connectivity index (χ0v) is 17.0. The number of hydroxylamine groups is 2. The number of nitrogens with one attached hydrogen (secondary N) is 1. The van der Waals surface area contributed by atoms with Crippen molar-refractivity contribution in [2.75, 3.05) is 24.8 Å². The van der Waals surface area contributed by atoms with Crippen molar-refractivity contribution in [3.8, 4) is 0 Å². The number of urea groups is 2. The third kappa shape index (κ3) is 3.91. The predicted octanol–water partition coefficient (Wildman–Crippen LogP) is 2.41. The number of hydrazine groups is 1. The average molecular weight is 436 g/mol. The van der Waals surface area contributed by atoms with E-state index >= 15 is 0 Å².